The molecule has 0 unspecified atom stereocenters. The van der Waals surface area contributed by atoms with Gasteiger partial charge in [0.2, 0.25) is 5.91 Å². The van der Waals surface area contributed by atoms with Gasteiger partial charge in [0.25, 0.3) is 5.69 Å². The Morgan fingerprint density at radius 2 is 2.12 bits per heavy atom. The van der Waals surface area contributed by atoms with Gasteiger partial charge in [-0.2, -0.15) is 5.10 Å². The number of carbonyl (C=O) groups excluding carboxylic acids is 1. The average molecular weight is 235 g/mol. The molecule has 0 fully saturated rings. The quantitative estimate of drug-likeness (QED) is 0.480. The SMILES string of the molecule is CCCC(=O)N/N=C/c1ccc([N+](=O)[O-])cc1. The van der Waals surface area contributed by atoms with Crippen LogP contribution in [0.1, 0.15) is 25.3 Å². The van der Waals surface area contributed by atoms with Crippen LogP contribution >= 0.6 is 0 Å². The summed E-state index contributed by atoms with van der Waals surface area (Å²) < 4.78 is 0. The van der Waals surface area contributed by atoms with Gasteiger partial charge < -0.3 is 0 Å². The predicted molar refractivity (Wildman–Crippen MR) is 63.7 cm³/mol. The predicted octanol–water partition coefficient (Wildman–Crippen LogP) is 1.84. The zero-order valence-electron chi connectivity index (χ0n) is 9.42. The second kappa shape index (κ2) is 6.37. The minimum absolute atomic E-state index is 0.0252. The number of rotatable bonds is 5. The topological polar surface area (TPSA) is 84.6 Å². The van der Waals surface area contributed by atoms with Crippen molar-refractivity contribution in [2.45, 2.75) is 19.8 Å². The summed E-state index contributed by atoms with van der Waals surface area (Å²) in [6, 6.07) is 5.89. The molecule has 0 saturated heterocycles. The summed E-state index contributed by atoms with van der Waals surface area (Å²) in [7, 11) is 0. The van der Waals surface area contributed by atoms with E-state index >= 15 is 0 Å². The number of non-ortho nitro benzene ring substituents is 1. The first kappa shape index (κ1) is 12.8. The van der Waals surface area contributed by atoms with Crippen LogP contribution in [-0.4, -0.2) is 17.0 Å². The zero-order chi connectivity index (χ0) is 12.7. The number of nitro groups is 1. The van der Waals surface area contributed by atoms with E-state index in [1.807, 2.05) is 6.92 Å². The van der Waals surface area contributed by atoms with Gasteiger partial charge in [-0.1, -0.05) is 6.92 Å². The first-order valence-corrected chi connectivity index (χ1v) is 5.20. The van der Waals surface area contributed by atoms with Crippen molar-refractivity contribution in [1.82, 2.24) is 5.43 Å². The van der Waals surface area contributed by atoms with Gasteiger partial charge in [0, 0.05) is 18.6 Å². The van der Waals surface area contributed by atoms with Crippen molar-refractivity contribution in [2.24, 2.45) is 5.10 Å². The summed E-state index contributed by atoms with van der Waals surface area (Å²) in [5.74, 6) is -0.148. The summed E-state index contributed by atoms with van der Waals surface area (Å²) in [4.78, 5) is 21.0. The van der Waals surface area contributed by atoms with Crippen LogP contribution in [0.3, 0.4) is 0 Å². The van der Waals surface area contributed by atoms with Gasteiger partial charge in [0.15, 0.2) is 0 Å². The fourth-order valence-corrected chi connectivity index (χ4v) is 1.14. The van der Waals surface area contributed by atoms with Crippen molar-refractivity contribution >= 4 is 17.8 Å². The molecule has 90 valence electrons. The van der Waals surface area contributed by atoms with Crippen molar-refractivity contribution in [3.63, 3.8) is 0 Å². The molecule has 0 aliphatic heterocycles. The van der Waals surface area contributed by atoms with Gasteiger partial charge in [-0.25, -0.2) is 5.43 Å². The normalized spacial score (nSPS) is 10.4. The second-order valence-corrected chi connectivity index (χ2v) is 3.39. The number of hydrogen-bond acceptors (Lipinski definition) is 4. The number of benzene rings is 1. The van der Waals surface area contributed by atoms with Gasteiger partial charge in [-0.3, -0.25) is 14.9 Å². The number of nitrogens with one attached hydrogen (secondary N) is 1. The molecule has 6 heteroatoms. The molecule has 0 aliphatic rings. The van der Waals surface area contributed by atoms with E-state index in [4.69, 9.17) is 0 Å². The first-order valence-electron chi connectivity index (χ1n) is 5.20. The Labute approximate surface area is 98.5 Å². The molecule has 1 aromatic carbocycles. The van der Waals surface area contributed by atoms with Crippen LogP contribution in [0.2, 0.25) is 0 Å². The lowest BCUT2D eigenvalue weighted by atomic mass is 10.2. The highest BCUT2D eigenvalue weighted by Gasteiger charge is 2.02. The van der Waals surface area contributed by atoms with Crippen LogP contribution in [0.4, 0.5) is 5.69 Å². The highest BCUT2D eigenvalue weighted by Crippen LogP contribution is 2.10. The lowest BCUT2D eigenvalue weighted by molar-refractivity contribution is -0.384. The van der Waals surface area contributed by atoms with E-state index in [9.17, 15) is 14.9 Å². The minimum Gasteiger partial charge on any atom is -0.273 e. The zero-order valence-corrected chi connectivity index (χ0v) is 9.42. The fourth-order valence-electron chi connectivity index (χ4n) is 1.14. The third kappa shape index (κ3) is 4.42. The van der Waals surface area contributed by atoms with Gasteiger partial charge in [0.05, 0.1) is 11.1 Å². The molecule has 17 heavy (non-hydrogen) atoms. The van der Waals surface area contributed by atoms with E-state index in [1.54, 1.807) is 12.1 Å². The third-order valence-corrected chi connectivity index (χ3v) is 1.98. The van der Waals surface area contributed by atoms with Crippen LogP contribution in [0.15, 0.2) is 29.4 Å². The van der Waals surface area contributed by atoms with Crippen LogP contribution < -0.4 is 5.43 Å². The highest BCUT2D eigenvalue weighted by molar-refractivity contribution is 5.82. The summed E-state index contributed by atoms with van der Waals surface area (Å²) >= 11 is 0. The Hall–Kier alpha value is -2.24. The van der Waals surface area contributed by atoms with Gasteiger partial charge in [-0.15, -0.1) is 0 Å². The number of carbonyl (C=O) groups is 1. The number of amides is 1. The Morgan fingerprint density at radius 1 is 1.47 bits per heavy atom. The molecule has 0 aliphatic carbocycles. The number of nitro benzene ring substituents is 1. The van der Waals surface area contributed by atoms with Crippen LogP contribution in [-0.2, 0) is 4.79 Å². The van der Waals surface area contributed by atoms with E-state index < -0.39 is 4.92 Å². The fraction of sp³-hybridized carbons (Fsp3) is 0.273. The summed E-state index contributed by atoms with van der Waals surface area (Å²) in [5.41, 5.74) is 3.08. The summed E-state index contributed by atoms with van der Waals surface area (Å²) in [6.07, 6.45) is 2.63. The molecule has 0 heterocycles. The van der Waals surface area contributed by atoms with Gasteiger partial charge in [0.1, 0.15) is 0 Å². The van der Waals surface area contributed by atoms with Crippen LogP contribution in [0.5, 0.6) is 0 Å². The maximum absolute atomic E-state index is 11.1. The highest BCUT2D eigenvalue weighted by atomic mass is 16.6. The van der Waals surface area contributed by atoms with E-state index in [-0.39, 0.29) is 11.6 Å². The molecule has 0 saturated carbocycles. The number of hydrogen-bond donors (Lipinski definition) is 1. The van der Waals surface area contributed by atoms with Crippen molar-refractivity contribution in [1.29, 1.82) is 0 Å². The summed E-state index contributed by atoms with van der Waals surface area (Å²) in [6.45, 7) is 1.90. The standard InChI is InChI=1S/C11H13N3O3/c1-2-3-11(15)13-12-8-9-4-6-10(7-5-9)14(16)17/h4-8H,2-3H2,1H3,(H,13,15)/b12-8+. The lowest BCUT2D eigenvalue weighted by Crippen LogP contribution is -2.16. The Balaban J connectivity index is 2.54. The van der Waals surface area contributed by atoms with Crippen LogP contribution in [0, 0.1) is 10.1 Å². The number of hydrazone groups is 1. The molecular formula is C11H13N3O3. The lowest BCUT2D eigenvalue weighted by Gasteiger charge is -1.96. The molecular weight excluding hydrogens is 222 g/mol. The Morgan fingerprint density at radius 3 is 2.65 bits per heavy atom. The molecule has 1 N–H and O–H groups in total. The molecule has 1 aromatic rings. The van der Waals surface area contributed by atoms with Crippen molar-refractivity contribution in [3.8, 4) is 0 Å². The molecule has 0 spiro atoms. The van der Waals surface area contributed by atoms with Crippen LogP contribution in [0.25, 0.3) is 0 Å². The van der Waals surface area contributed by atoms with Gasteiger partial charge >= 0.3 is 0 Å². The van der Waals surface area contributed by atoms with Crippen molar-refractivity contribution in [3.05, 3.63) is 39.9 Å². The third-order valence-electron chi connectivity index (χ3n) is 1.98. The molecule has 0 aromatic heterocycles. The molecule has 0 atom stereocenters. The molecule has 0 bridgehead atoms. The van der Waals surface area contributed by atoms with Gasteiger partial charge in [-0.05, 0) is 24.1 Å². The van der Waals surface area contributed by atoms with Crippen molar-refractivity contribution in [2.75, 3.05) is 0 Å². The second-order valence-electron chi connectivity index (χ2n) is 3.39. The summed E-state index contributed by atoms with van der Waals surface area (Å²) in [5, 5.41) is 14.1. The molecule has 1 amide bonds. The van der Waals surface area contributed by atoms with E-state index in [1.165, 1.54) is 18.3 Å². The maximum Gasteiger partial charge on any atom is 0.269 e. The Kier molecular flexibility index (Phi) is 4.80. The first-order chi connectivity index (χ1) is 8.13. The largest absolute Gasteiger partial charge is 0.273 e. The van der Waals surface area contributed by atoms with E-state index in [0.717, 1.165) is 6.42 Å². The molecule has 6 nitrogen and oxygen atoms in total. The number of nitrogens with zero attached hydrogens (tertiary/aromatic N) is 2. The van der Waals surface area contributed by atoms with Crippen molar-refractivity contribution < 1.29 is 9.72 Å². The molecule has 1 rings (SSSR count). The minimum atomic E-state index is -0.468. The average Bonchev–Trinajstić information content (AvgIpc) is 2.30. The Bertz CT molecular complexity index is 426. The smallest absolute Gasteiger partial charge is 0.269 e. The monoisotopic (exact) mass is 235 g/mol. The van der Waals surface area contributed by atoms with E-state index in [0.29, 0.717) is 12.0 Å². The molecule has 0 radical (unpaired) electrons. The van der Waals surface area contributed by atoms with E-state index in [2.05, 4.69) is 10.5 Å². The maximum atomic E-state index is 11.1.